The second-order valence-corrected chi connectivity index (χ2v) is 11.3. The number of alkyl carbamates (subject to hydrolysis) is 1. The largest absolute Gasteiger partial charge is 0.548 e. The molecule has 0 radical (unpaired) electrons. The van der Waals surface area contributed by atoms with E-state index in [0.717, 1.165) is 5.56 Å². The summed E-state index contributed by atoms with van der Waals surface area (Å²) in [6.45, 7) is 7.65. The van der Waals surface area contributed by atoms with Crippen LogP contribution in [-0.2, 0) is 41.6 Å². The Labute approximate surface area is 215 Å². The van der Waals surface area contributed by atoms with Crippen molar-refractivity contribution in [3.05, 3.63) is 53.7 Å². The van der Waals surface area contributed by atoms with Crippen molar-refractivity contribution in [2.75, 3.05) is 6.61 Å². The number of ether oxygens (including phenoxy) is 2. The number of nitrogens with one attached hydrogen (secondary N) is 1. The molecule has 1 amide bonds. The van der Waals surface area contributed by atoms with E-state index in [9.17, 15) is 27.9 Å². The molecule has 0 fully saturated rings. The molecule has 37 heavy (non-hydrogen) atoms. The first-order chi connectivity index (χ1) is 17.2. The third-order valence-corrected chi connectivity index (χ3v) is 6.67. The van der Waals surface area contributed by atoms with Crippen LogP contribution in [0.4, 0.5) is 4.79 Å². The molecule has 0 saturated carbocycles. The molecule has 1 aromatic carbocycles. The summed E-state index contributed by atoms with van der Waals surface area (Å²) >= 11 is 0. The standard InChI is InChI=1S/C25H30N2O9S/c1-16-5-8-19(9-6-16)37(32,33)36-23(30)18(13-17-7-10-21-27(15-17)11-12-34-21)14-20(22(28)29)26-24(31)35-25(2,3)4/h5-10,15,18,20H,11-14H2,1-4H3,(H-,26,28,29,31)/t18-,20+/m0/s1. The molecule has 2 heterocycles. The number of rotatable bonds is 9. The van der Waals surface area contributed by atoms with Crippen LogP contribution in [-0.4, -0.2) is 44.7 Å². The first-order valence-electron chi connectivity index (χ1n) is 11.6. The van der Waals surface area contributed by atoms with Gasteiger partial charge in [-0.15, -0.1) is 0 Å². The lowest BCUT2D eigenvalue weighted by molar-refractivity contribution is -0.680. The van der Waals surface area contributed by atoms with Crippen molar-refractivity contribution in [2.24, 2.45) is 5.92 Å². The van der Waals surface area contributed by atoms with Gasteiger partial charge in [0.1, 0.15) is 10.5 Å². The highest BCUT2D eigenvalue weighted by molar-refractivity contribution is 7.87. The van der Waals surface area contributed by atoms with Gasteiger partial charge in [-0.25, -0.2) is 4.79 Å². The number of nitrogens with zero attached hydrogens (tertiary/aromatic N) is 1. The number of hydrogen-bond acceptors (Lipinski definition) is 9. The molecular weight excluding hydrogens is 504 g/mol. The van der Waals surface area contributed by atoms with Gasteiger partial charge in [0.15, 0.2) is 19.3 Å². The molecule has 1 aliphatic rings. The minimum absolute atomic E-state index is 0.0672. The van der Waals surface area contributed by atoms with Gasteiger partial charge >= 0.3 is 28.1 Å². The van der Waals surface area contributed by atoms with Crippen LogP contribution in [0.5, 0.6) is 5.88 Å². The molecule has 3 rings (SSSR count). The lowest BCUT2D eigenvalue weighted by Crippen LogP contribution is -2.50. The molecule has 11 nitrogen and oxygen atoms in total. The van der Waals surface area contributed by atoms with E-state index in [2.05, 4.69) is 5.32 Å². The van der Waals surface area contributed by atoms with Crippen LogP contribution < -0.4 is 19.7 Å². The van der Waals surface area contributed by atoms with E-state index in [0.29, 0.717) is 24.6 Å². The first-order valence-corrected chi connectivity index (χ1v) is 13.0. The number of carbonyl (C=O) groups excluding carboxylic acids is 3. The lowest BCUT2D eigenvalue weighted by atomic mass is 9.93. The highest BCUT2D eigenvalue weighted by atomic mass is 32.2. The third-order valence-electron chi connectivity index (χ3n) is 5.44. The molecule has 0 unspecified atom stereocenters. The summed E-state index contributed by atoms with van der Waals surface area (Å²) in [6.07, 6.45) is 0.142. The predicted octanol–water partition coefficient (Wildman–Crippen LogP) is 0.799. The second-order valence-electron chi connectivity index (χ2n) is 9.74. The van der Waals surface area contributed by atoms with Gasteiger partial charge in [-0.1, -0.05) is 17.7 Å². The van der Waals surface area contributed by atoms with Gasteiger partial charge in [-0.2, -0.15) is 13.0 Å². The Morgan fingerprint density at radius 3 is 2.43 bits per heavy atom. The Balaban J connectivity index is 1.85. The van der Waals surface area contributed by atoms with Crippen LogP contribution in [0.25, 0.3) is 0 Å². The fourth-order valence-electron chi connectivity index (χ4n) is 3.68. The van der Waals surface area contributed by atoms with Crippen LogP contribution in [0.3, 0.4) is 0 Å². The van der Waals surface area contributed by atoms with Crippen LogP contribution in [0.15, 0.2) is 47.5 Å². The average molecular weight is 535 g/mol. The first kappa shape index (κ1) is 27.9. The Morgan fingerprint density at radius 1 is 1.14 bits per heavy atom. The summed E-state index contributed by atoms with van der Waals surface area (Å²) in [5.41, 5.74) is 0.523. The van der Waals surface area contributed by atoms with Gasteiger partial charge in [-0.05, 0) is 58.7 Å². The summed E-state index contributed by atoms with van der Waals surface area (Å²) in [5.74, 6) is -3.47. The maximum absolute atomic E-state index is 13.1. The minimum atomic E-state index is -4.48. The van der Waals surface area contributed by atoms with Crippen LogP contribution in [0.2, 0.25) is 0 Å². The topological polar surface area (TPSA) is 152 Å². The van der Waals surface area contributed by atoms with E-state index in [1.807, 2.05) is 4.57 Å². The number of hydrogen-bond donors (Lipinski definition) is 1. The number of fused-ring (bicyclic) bond motifs is 1. The van der Waals surface area contributed by atoms with Crippen LogP contribution in [0, 0.1) is 12.8 Å². The molecule has 2 atom stereocenters. The Kier molecular flexibility index (Phi) is 8.42. The van der Waals surface area contributed by atoms with Crippen molar-refractivity contribution in [1.29, 1.82) is 0 Å². The molecule has 12 heteroatoms. The summed E-state index contributed by atoms with van der Waals surface area (Å²) in [6, 6.07) is 7.44. The van der Waals surface area contributed by atoms with E-state index in [1.165, 1.54) is 12.1 Å². The van der Waals surface area contributed by atoms with Crippen molar-refractivity contribution in [3.8, 4) is 5.88 Å². The number of pyridine rings is 1. The van der Waals surface area contributed by atoms with Crippen molar-refractivity contribution < 1.29 is 46.1 Å². The SMILES string of the molecule is Cc1ccc(S(=O)(=O)OC(=O)[C@@H](Cc2ccc3[n+](c2)CCO3)C[C@@H](NC(=O)OC(C)(C)C)C(=O)[O-])cc1. The number of carboxylic acid groups (broad SMARTS) is 1. The van der Waals surface area contributed by atoms with Crippen molar-refractivity contribution in [2.45, 2.75) is 63.6 Å². The monoisotopic (exact) mass is 534 g/mol. The Hall–Kier alpha value is -3.67. The molecule has 0 bridgehead atoms. The fourth-order valence-corrected chi connectivity index (χ4v) is 4.60. The van der Waals surface area contributed by atoms with Gasteiger partial charge in [0.05, 0.1) is 24.0 Å². The zero-order valence-corrected chi connectivity index (χ0v) is 21.9. The third kappa shape index (κ3) is 7.91. The predicted molar refractivity (Wildman–Crippen MR) is 127 cm³/mol. The van der Waals surface area contributed by atoms with Gasteiger partial charge < -0.3 is 28.9 Å². The number of carbonyl (C=O) groups is 3. The maximum atomic E-state index is 13.1. The fraction of sp³-hybridized carbons (Fsp3) is 0.440. The van der Waals surface area contributed by atoms with Crippen molar-refractivity contribution >= 4 is 28.1 Å². The number of aromatic nitrogens is 1. The van der Waals surface area contributed by atoms with E-state index in [4.69, 9.17) is 13.7 Å². The highest BCUT2D eigenvalue weighted by Crippen LogP contribution is 2.22. The van der Waals surface area contributed by atoms with Crippen molar-refractivity contribution in [1.82, 2.24) is 5.32 Å². The van der Waals surface area contributed by atoms with E-state index in [1.54, 1.807) is 58.2 Å². The molecule has 0 aliphatic carbocycles. The summed E-state index contributed by atoms with van der Waals surface area (Å²) in [4.78, 5) is 36.9. The molecule has 200 valence electrons. The normalized spacial score (nSPS) is 14.6. The van der Waals surface area contributed by atoms with Crippen LogP contribution >= 0.6 is 0 Å². The van der Waals surface area contributed by atoms with Gasteiger partial charge in [0.25, 0.3) is 0 Å². The van der Waals surface area contributed by atoms with E-state index < -0.39 is 52.1 Å². The molecule has 0 spiro atoms. The molecule has 1 aliphatic heterocycles. The number of amides is 1. The zero-order valence-electron chi connectivity index (χ0n) is 21.1. The molecule has 0 saturated heterocycles. The van der Waals surface area contributed by atoms with Gasteiger partial charge in [-0.3, -0.25) is 4.79 Å². The lowest BCUT2D eigenvalue weighted by Gasteiger charge is -2.26. The van der Waals surface area contributed by atoms with Gasteiger partial charge in [0.2, 0.25) is 0 Å². The number of aliphatic carboxylic acids is 1. The molecule has 1 N–H and O–H groups in total. The van der Waals surface area contributed by atoms with Gasteiger partial charge in [0, 0.05) is 5.56 Å². The molecular formula is C25H30N2O9S. The molecule has 2 aromatic rings. The molecule has 1 aromatic heterocycles. The Morgan fingerprint density at radius 2 is 1.81 bits per heavy atom. The quantitative estimate of drug-likeness (QED) is 0.364. The maximum Gasteiger partial charge on any atom is 0.408 e. The smallest absolute Gasteiger partial charge is 0.408 e. The average Bonchev–Trinajstić information content (AvgIpc) is 3.24. The van der Waals surface area contributed by atoms with Crippen LogP contribution in [0.1, 0.15) is 38.3 Å². The summed E-state index contributed by atoms with van der Waals surface area (Å²) < 4.78 is 42.7. The Bertz CT molecular complexity index is 1270. The highest BCUT2D eigenvalue weighted by Gasteiger charge is 2.32. The van der Waals surface area contributed by atoms with Crippen molar-refractivity contribution in [3.63, 3.8) is 0 Å². The number of carboxylic acids is 1. The summed E-state index contributed by atoms with van der Waals surface area (Å²) in [7, 11) is -4.48. The van der Waals surface area contributed by atoms with E-state index in [-0.39, 0.29) is 11.3 Å². The zero-order chi connectivity index (χ0) is 27.4. The second kappa shape index (κ2) is 11.2. The number of aryl methyl sites for hydroxylation is 1. The summed E-state index contributed by atoms with van der Waals surface area (Å²) in [5, 5.41) is 14.0. The van der Waals surface area contributed by atoms with E-state index >= 15 is 0 Å². The minimum Gasteiger partial charge on any atom is -0.548 e. The number of benzene rings is 1.